The van der Waals surface area contributed by atoms with E-state index in [0.717, 1.165) is 51.6 Å². The van der Waals surface area contributed by atoms with Gasteiger partial charge in [-0.2, -0.15) is 0 Å². The van der Waals surface area contributed by atoms with E-state index in [-0.39, 0.29) is 29.6 Å². The zero-order valence-corrected chi connectivity index (χ0v) is 18.0. The molecule has 0 spiro atoms. The normalized spacial score (nSPS) is 42.0. The van der Waals surface area contributed by atoms with Gasteiger partial charge in [0, 0.05) is 19.1 Å². The Morgan fingerprint density at radius 2 is 1.69 bits per heavy atom. The van der Waals surface area contributed by atoms with Crippen LogP contribution in [-0.4, -0.2) is 41.6 Å². The van der Waals surface area contributed by atoms with Crippen molar-refractivity contribution in [2.24, 2.45) is 29.6 Å². The molecule has 162 valence electrons. The van der Waals surface area contributed by atoms with Crippen LogP contribution in [0.2, 0.25) is 0 Å². The standard InChI is InChI=1S/C24H38N2O3/c1-16-6-5-9-26(15-16)23(28)25-21-19-10-17-11-20(21)14-24(12-17,13-19)29-22(27)18-7-3-2-4-8-18/h16-21H,2-15H2,1H3,(H,25,28). The molecule has 1 heterocycles. The molecule has 1 aliphatic heterocycles. The van der Waals surface area contributed by atoms with Gasteiger partial charge < -0.3 is 15.0 Å². The Labute approximate surface area is 175 Å². The molecule has 5 saturated carbocycles. The van der Waals surface area contributed by atoms with Gasteiger partial charge in [-0.25, -0.2) is 4.79 Å². The third-order valence-corrected chi connectivity index (χ3v) is 8.71. The van der Waals surface area contributed by atoms with E-state index in [2.05, 4.69) is 12.2 Å². The molecule has 6 rings (SSSR count). The highest BCUT2D eigenvalue weighted by Crippen LogP contribution is 2.57. The zero-order valence-electron chi connectivity index (χ0n) is 18.0. The van der Waals surface area contributed by atoms with Crippen molar-refractivity contribution >= 4 is 12.0 Å². The second kappa shape index (κ2) is 7.77. The van der Waals surface area contributed by atoms with E-state index in [1.54, 1.807) is 0 Å². The summed E-state index contributed by atoms with van der Waals surface area (Å²) in [4.78, 5) is 27.8. The van der Waals surface area contributed by atoms with Gasteiger partial charge >= 0.3 is 12.0 Å². The molecule has 3 unspecified atom stereocenters. The van der Waals surface area contributed by atoms with E-state index < -0.39 is 0 Å². The fourth-order valence-corrected chi connectivity index (χ4v) is 7.55. The molecule has 6 aliphatic rings. The first-order valence-electron chi connectivity index (χ1n) is 12.3. The number of nitrogens with zero attached hydrogens (tertiary/aromatic N) is 1. The Morgan fingerprint density at radius 3 is 2.38 bits per heavy atom. The van der Waals surface area contributed by atoms with Crippen LogP contribution in [0.5, 0.6) is 0 Å². The lowest BCUT2D eigenvalue weighted by molar-refractivity contribution is -0.195. The van der Waals surface area contributed by atoms with Crippen LogP contribution >= 0.6 is 0 Å². The summed E-state index contributed by atoms with van der Waals surface area (Å²) in [5.74, 6) is 2.45. The van der Waals surface area contributed by atoms with E-state index in [1.165, 1.54) is 38.5 Å². The molecular formula is C24H38N2O3. The smallest absolute Gasteiger partial charge is 0.317 e. The molecule has 2 amide bonds. The number of nitrogens with one attached hydrogen (secondary N) is 1. The summed E-state index contributed by atoms with van der Waals surface area (Å²) in [6.45, 7) is 4.02. The number of hydrogen-bond acceptors (Lipinski definition) is 3. The molecular weight excluding hydrogens is 364 g/mol. The highest BCUT2D eigenvalue weighted by Gasteiger charge is 2.58. The minimum atomic E-state index is -0.230. The minimum Gasteiger partial charge on any atom is -0.459 e. The Bertz CT molecular complexity index is 628. The van der Waals surface area contributed by atoms with Crippen LogP contribution in [0.4, 0.5) is 4.79 Å². The fraction of sp³-hybridized carbons (Fsp3) is 0.917. The average Bonchev–Trinajstić information content (AvgIpc) is 2.70. The average molecular weight is 403 g/mol. The van der Waals surface area contributed by atoms with E-state index in [1.807, 2.05) is 4.90 Å². The number of rotatable bonds is 3. The van der Waals surface area contributed by atoms with Crippen molar-refractivity contribution in [2.45, 2.75) is 95.6 Å². The second-order valence-electron chi connectivity index (χ2n) is 11.1. The van der Waals surface area contributed by atoms with Crippen LogP contribution in [0, 0.1) is 29.6 Å². The molecule has 1 saturated heterocycles. The van der Waals surface area contributed by atoms with Crippen molar-refractivity contribution in [3.8, 4) is 0 Å². The first-order valence-corrected chi connectivity index (χ1v) is 12.3. The number of carbonyl (C=O) groups excluding carboxylic acids is 2. The minimum absolute atomic E-state index is 0.0783. The Hall–Kier alpha value is -1.26. The molecule has 5 aliphatic carbocycles. The first-order chi connectivity index (χ1) is 14.0. The lowest BCUT2D eigenvalue weighted by Gasteiger charge is -2.59. The molecule has 6 fully saturated rings. The third-order valence-electron chi connectivity index (χ3n) is 8.71. The number of amides is 2. The molecule has 0 aromatic heterocycles. The predicted molar refractivity (Wildman–Crippen MR) is 111 cm³/mol. The molecule has 29 heavy (non-hydrogen) atoms. The first kappa shape index (κ1) is 19.7. The molecule has 3 atom stereocenters. The Balaban J connectivity index is 1.23. The van der Waals surface area contributed by atoms with Crippen molar-refractivity contribution in [3.05, 3.63) is 0 Å². The van der Waals surface area contributed by atoms with Gasteiger partial charge in [-0.1, -0.05) is 26.2 Å². The van der Waals surface area contributed by atoms with Crippen LogP contribution < -0.4 is 5.32 Å². The monoisotopic (exact) mass is 402 g/mol. The highest BCUT2D eigenvalue weighted by atomic mass is 16.6. The van der Waals surface area contributed by atoms with Crippen LogP contribution in [0.15, 0.2) is 0 Å². The van der Waals surface area contributed by atoms with E-state index in [0.29, 0.717) is 23.7 Å². The number of hydrogen-bond donors (Lipinski definition) is 1. The zero-order chi connectivity index (χ0) is 20.0. The van der Waals surface area contributed by atoms with Crippen molar-refractivity contribution in [1.29, 1.82) is 0 Å². The molecule has 4 bridgehead atoms. The lowest BCUT2D eigenvalue weighted by Crippen LogP contribution is -2.64. The second-order valence-corrected chi connectivity index (χ2v) is 11.1. The predicted octanol–water partition coefficient (Wildman–Crippen LogP) is 4.50. The third kappa shape index (κ3) is 3.90. The van der Waals surface area contributed by atoms with E-state index in [9.17, 15) is 9.59 Å². The van der Waals surface area contributed by atoms with Gasteiger partial charge in [0.05, 0.1) is 5.92 Å². The van der Waals surface area contributed by atoms with Crippen molar-refractivity contribution < 1.29 is 14.3 Å². The van der Waals surface area contributed by atoms with Gasteiger partial charge in [-0.15, -0.1) is 0 Å². The van der Waals surface area contributed by atoms with Crippen LogP contribution in [-0.2, 0) is 9.53 Å². The van der Waals surface area contributed by atoms with E-state index >= 15 is 0 Å². The summed E-state index contributed by atoms with van der Waals surface area (Å²) < 4.78 is 6.31. The van der Waals surface area contributed by atoms with E-state index in [4.69, 9.17) is 4.74 Å². The number of carbonyl (C=O) groups is 2. The molecule has 0 aromatic carbocycles. The van der Waals surface area contributed by atoms with Gasteiger partial charge in [0.2, 0.25) is 0 Å². The van der Waals surface area contributed by atoms with Crippen LogP contribution in [0.25, 0.3) is 0 Å². The summed E-state index contributed by atoms with van der Waals surface area (Å²) in [6, 6.07) is 0.417. The molecule has 5 heteroatoms. The van der Waals surface area contributed by atoms with Crippen LogP contribution in [0.3, 0.4) is 0 Å². The highest BCUT2D eigenvalue weighted by molar-refractivity contribution is 5.75. The molecule has 5 nitrogen and oxygen atoms in total. The lowest BCUT2D eigenvalue weighted by atomic mass is 9.52. The SMILES string of the molecule is CC1CCCN(C(=O)NC2C3CC4CC2CC(OC(=O)C2CCCCC2)(C4)C3)C1. The van der Waals surface area contributed by atoms with Gasteiger partial charge in [0.15, 0.2) is 0 Å². The Kier molecular flexibility index (Phi) is 5.28. The van der Waals surface area contributed by atoms with Gasteiger partial charge in [-0.05, 0) is 81.5 Å². The molecule has 1 N–H and O–H groups in total. The van der Waals surface area contributed by atoms with Gasteiger partial charge in [0.1, 0.15) is 5.60 Å². The van der Waals surface area contributed by atoms with Gasteiger partial charge in [-0.3, -0.25) is 4.79 Å². The summed E-state index contributed by atoms with van der Waals surface area (Å²) in [5, 5.41) is 3.43. The quantitative estimate of drug-likeness (QED) is 0.707. The largest absolute Gasteiger partial charge is 0.459 e. The fourth-order valence-electron chi connectivity index (χ4n) is 7.55. The van der Waals surface area contributed by atoms with Gasteiger partial charge in [0.25, 0.3) is 0 Å². The summed E-state index contributed by atoms with van der Waals surface area (Å²) in [6.07, 6.45) is 13.3. The number of piperidine rings is 1. The number of likely N-dealkylation sites (tertiary alicyclic amines) is 1. The number of esters is 1. The maximum atomic E-state index is 12.9. The number of ether oxygens (including phenoxy) is 1. The van der Waals surface area contributed by atoms with Crippen molar-refractivity contribution in [2.75, 3.05) is 13.1 Å². The number of urea groups is 1. The molecule has 0 radical (unpaired) electrons. The topological polar surface area (TPSA) is 58.6 Å². The maximum absolute atomic E-state index is 12.9. The van der Waals surface area contributed by atoms with Crippen molar-refractivity contribution in [1.82, 2.24) is 10.2 Å². The summed E-state index contributed by atoms with van der Waals surface area (Å²) in [7, 11) is 0. The Morgan fingerprint density at radius 1 is 0.966 bits per heavy atom. The van der Waals surface area contributed by atoms with Crippen molar-refractivity contribution in [3.63, 3.8) is 0 Å². The summed E-state index contributed by atoms with van der Waals surface area (Å²) in [5.41, 5.74) is -0.230. The maximum Gasteiger partial charge on any atom is 0.317 e. The summed E-state index contributed by atoms with van der Waals surface area (Å²) >= 11 is 0. The van der Waals surface area contributed by atoms with Crippen LogP contribution in [0.1, 0.15) is 84.0 Å². The molecule has 0 aromatic rings.